The van der Waals surface area contributed by atoms with Crippen LogP contribution < -0.4 is 15.4 Å². The highest BCUT2D eigenvalue weighted by Crippen LogP contribution is 2.26. The second-order valence-corrected chi connectivity index (χ2v) is 8.24. The number of pyridine rings is 1. The number of hydrogen-bond donors (Lipinski definition) is 2. The van der Waals surface area contributed by atoms with Crippen molar-refractivity contribution in [1.29, 1.82) is 0 Å². The van der Waals surface area contributed by atoms with Gasteiger partial charge in [-0.1, -0.05) is 18.2 Å². The van der Waals surface area contributed by atoms with Crippen LogP contribution in [0.1, 0.15) is 42.8 Å². The fourth-order valence-corrected chi connectivity index (χ4v) is 4.31. The van der Waals surface area contributed by atoms with Crippen LogP contribution in [0.25, 0.3) is 5.65 Å². The Labute approximate surface area is 213 Å². The zero-order valence-electron chi connectivity index (χ0n) is 19.8. The van der Waals surface area contributed by atoms with Crippen molar-refractivity contribution < 1.29 is 4.74 Å². The van der Waals surface area contributed by atoms with Crippen molar-refractivity contribution in [2.45, 2.75) is 39.3 Å². The number of aryl methyl sites for hydroxylation is 1. The summed E-state index contributed by atoms with van der Waals surface area (Å²) in [6.07, 6.45) is 4.59. The Morgan fingerprint density at radius 2 is 1.88 bits per heavy atom. The molecule has 0 spiro atoms. The molecule has 1 aliphatic heterocycles. The minimum Gasteiger partial charge on any atom is -0.497 e. The Morgan fingerprint density at radius 3 is 2.55 bits per heavy atom. The fourth-order valence-electron chi connectivity index (χ4n) is 4.31. The van der Waals surface area contributed by atoms with Gasteiger partial charge in [-0.15, -0.1) is 24.0 Å². The van der Waals surface area contributed by atoms with Crippen LogP contribution in [-0.4, -0.2) is 53.5 Å². The van der Waals surface area contributed by atoms with Crippen LogP contribution in [0, 0.1) is 6.92 Å². The van der Waals surface area contributed by atoms with Gasteiger partial charge in [-0.2, -0.15) is 0 Å². The molecule has 1 unspecified atom stereocenters. The molecule has 0 amide bonds. The maximum Gasteiger partial charge on any atom is 0.191 e. The van der Waals surface area contributed by atoms with Gasteiger partial charge >= 0.3 is 0 Å². The smallest absolute Gasteiger partial charge is 0.191 e. The van der Waals surface area contributed by atoms with E-state index in [-0.39, 0.29) is 24.0 Å². The van der Waals surface area contributed by atoms with Gasteiger partial charge in [0.05, 0.1) is 25.4 Å². The Morgan fingerprint density at radius 1 is 1.12 bits per heavy atom. The summed E-state index contributed by atoms with van der Waals surface area (Å²) < 4.78 is 7.45. The highest BCUT2D eigenvalue weighted by atomic mass is 127. The van der Waals surface area contributed by atoms with Crippen LogP contribution in [-0.2, 0) is 6.54 Å². The number of halogens is 1. The van der Waals surface area contributed by atoms with E-state index in [1.807, 2.05) is 24.3 Å². The lowest BCUT2D eigenvalue weighted by Crippen LogP contribution is -2.42. The molecule has 1 aromatic carbocycles. The number of nitrogens with one attached hydrogen (secondary N) is 2. The van der Waals surface area contributed by atoms with Gasteiger partial charge in [0.2, 0.25) is 0 Å². The van der Waals surface area contributed by atoms with Crippen LogP contribution in [0.3, 0.4) is 0 Å². The number of guanidine groups is 1. The molecular weight excluding hydrogens is 527 g/mol. The molecule has 3 heterocycles. The number of ether oxygens (including phenoxy) is 1. The minimum atomic E-state index is 0. The molecule has 3 aromatic rings. The number of methoxy groups -OCH3 is 1. The summed E-state index contributed by atoms with van der Waals surface area (Å²) in [5, 5.41) is 6.95. The van der Waals surface area contributed by atoms with Crippen molar-refractivity contribution in [3.63, 3.8) is 0 Å². The Bertz CT molecular complexity index is 1040. The van der Waals surface area contributed by atoms with E-state index < -0.39 is 0 Å². The predicted molar refractivity (Wildman–Crippen MR) is 145 cm³/mol. The topological polar surface area (TPSA) is 66.2 Å². The van der Waals surface area contributed by atoms with E-state index in [0.29, 0.717) is 12.6 Å². The van der Waals surface area contributed by atoms with Crippen molar-refractivity contribution in [3.8, 4) is 5.75 Å². The van der Waals surface area contributed by atoms with Crippen molar-refractivity contribution >= 4 is 35.6 Å². The predicted octanol–water partition coefficient (Wildman–Crippen LogP) is 4.16. The van der Waals surface area contributed by atoms with Gasteiger partial charge in [-0.25, -0.2) is 9.98 Å². The molecule has 2 N–H and O–H groups in total. The monoisotopic (exact) mass is 562 g/mol. The van der Waals surface area contributed by atoms with E-state index in [4.69, 9.17) is 14.7 Å². The molecule has 0 saturated carbocycles. The van der Waals surface area contributed by atoms with E-state index in [2.05, 4.69) is 58.2 Å². The molecule has 8 heteroatoms. The molecule has 1 fully saturated rings. The number of aliphatic imine (C=N–C) groups is 1. The SMILES string of the molecule is CCNC(=NCc1cn2c(C)cccc2n1)NCC(c1ccc(OC)cc1)N1CCCC1.I. The largest absolute Gasteiger partial charge is 0.497 e. The van der Waals surface area contributed by atoms with Crippen LogP contribution >= 0.6 is 24.0 Å². The fraction of sp³-hybridized carbons (Fsp3) is 0.440. The van der Waals surface area contributed by atoms with E-state index >= 15 is 0 Å². The lowest BCUT2D eigenvalue weighted by Gasteiger charge is -2.29. The third kappa shape index (κ3) is 6.38. The molecule has 0 bridgehead atoms. The first-order valence-corrected chi connectivity index (χ1v) is 11.5. The average molecular weight is 563 g/mol. The number of likely N-dealkylation sites (tertiary alicyclic amines) is 1. The molecule has 1 atom stereocenters. The van der Waals surface area contributed by atoms with Crippen molar-refractivity contribution in [3.05, 3.63) is 65.6 Å². The molecule has 33 heavy (non-hydrogen) atoms. The van der Waals surface area contributed by atoms with Crippen LogP contribution in [0.2, 0.25) is 0 Å². The number of hydrogen-bond acceptors (Lipinski definition) is 4. The van der Waals surface area contributed by atoms with Gasteiger partial charge in [-0.05, 0) is 69.6 Å². The highest BCUT2D eigenvalue weighted by molar-refractivity contribution is 14.0. The lowest BCUT2D eigenvalue weighted by atomic mass is 10.1. The molecule has 0 radical (unpaired) electrons. The molecule has 0 aliphatic carbocycles. The first-order chi connectivity index (χ1) is 15.7. The molecule has 1 saturated heterocycles. The summed E-state index contributed by atoms with van der Waals surface area (Å²) in [6.45, 7) is 8.58. The Hall–Kier alpha value is -2.33. The van der Waals surface area contributed by atoms with E-state index in [1.54, 1.807) is 7.11 Å². The third-order valence-corrected chi connectivity index (χ3v) is 6.03. The van der Waals surface area contributed by atoms with Gasteiger partial charge in [0.1, 0.15) is 11.4 Å². The normalized spacial score (nSPS) is 15.3. The van der Waals surface area contributed by atoms with Gasteiger partial charge in [0.15, 0.2) is 5.96 Å². The van der Waals surface area contributed by atoms with Crippen molar-refractivity contribution in [2.75, 3.05) is 33.3 Å². The molecule has 4 rings (SSSR count). The highest BCUT2D eigenvalue weighted by Gasteiger charge is 2.23. The van der Waals surface area contributed by atoms with Gasteiger partial charge < -0.3 is 19.8 Å². The first kappa shape index (κ1) is 25.3. The average Bonchev–Trinajstić information content (AvgIpc) is 3.49. The first-order valence-electron chi connectivity index (χ1n) is 11.5. The third-order valence-electron chi connectivity index (χ3n) is 6.03. The van der Waals surface area contributed by atoms with E-state index in [1.165, 1.54) is 24.1 Å². The lowest BCUT2D eigenvalue weighted by molar-refractivity contribution is 0.245. The zero-order chi connectivity index (χ0) is 22.3. The Balaban J connectivity index is 0.00000306. The summed E-state index contributed by atoms with van der Waals surface area (Å²) in [6, 6.07) is 14.9. The standard InChI is InChI=1S/C25H34N6O.HI/c1-4-26-25(27-16-21-18-31-19(2)8-7-9-24(31)29-21)28-17-23(30-14-5-6-15-30)20-10-12-22(32-3)13-11-20;/h7-13,18,23H,4-6,14-17H2,1-3H3,(H2,26,27,28);1H. The van der Waals surface area contributed by atoms with Crippen LogP contribution in [0.4, 0.5) is 0 Å². The number of nitrogens with zero attached hydrogens (tertiary/aromatic N) is 4. The van der Waals surface area contributed by atoms with Crippen LogP contribution in [0.15, 0.2) is 53.7 Å². The molecular formula is C25H35IN6O. The summed E-state index contributed by atoms with van der Waals surface area (Å²) in [5.41, 5.74) is 4.39. The zero-order valence-corrected chi connectivity index (χ0v) is 22.1. The second kappa shape index (κ2) is 12.2. The maximum absolute atomic E-state index is 5.34. The summed E-state index contributed by atoms with van der Waals surface area (Å²) in [7, 11) is 1.71. The molecule has 178 valence electrons. The van der Waals surface area contributed by atoms with E-state index in [9.17, 15) is 0 Å². The van der Waals surface area contributed by atoms with Gasteiger partial charge in [-0.3, -0.25) is 4.90 Å². The number of imidazole rings is 1. The van der Waals surface area contributed by atoms with Crippen molar-refractivity contribution in [2.24, 2.45) is 4.99 Å². The number of fused-ring (bicyclic) bond motifs is 1. The molecule has 7 nitrogen and oxygen atoms in total. The van der Waals surface area contributed by atoms with Gasteiger partial charge in [0.25, 0.3) is 0 Å². The molecule has 2 aromatic heterocycles. The Kier molecular flexibility index (Phi) is 9.37. The summed E-state index contributed by atoms with van der Waals surface area (Å²) >= 11 is 0. The number of benzene rings is 1. The minimum absolute atomic E-state index is 0. The second-order valence-electron chi connectivity index (χ2n) is 8.24. The summed E-state index contributed by atoms with van der Waals surface area (Å²) in [4.78, 5) is 12.1. The van der Waals surface area contributed by atoms with Crippen LogP contribution in [0.5, 0.6) is 5.75 Å². The quantitative estimate of drug-likeness (QED) is 0.245. The summed E-state index contributed by atoms with van der Waals surface area (Å²) in [5.74, 6) is 1.71. The van der Waals surface area contributed by atoms with Crippen molar-refractivity contribution in [1.82, 2.24) is 24.9 Å². The number of rotatable bonds is 8. The maximum atomic E-state index is 5.34. The number of aromatic nitrogens is 2. The van der Waals surface area contributed by atoms with Gasteiger partial charge in [0, 0.05) is 25.0 Å². The van der Waals surface area contributed by atoms with E-state index in [0.717, 1.165) is 49.2 Å². The molecule has 1 aliphatic rings.